The van der Waals surface area contributed by atoms with E-state index in [0.717, 1.165) is 27.8 Å². The Morgan fingerprint density at radius 3 is 2.58 bits per heavy atom. The SMILES string of the molecule is CN1C(=N)N[C@](C)(c2cc(-c3cncc(F)c3)cs2)[C@@H](c2ccc(C(C)(C)C#N)cc2)C1=O. The van der Waals surface area contributed by atoms with Crippen LogP contribution in [0.2, 0.25) is 0 Å². The molecule has 0 saturated carbocycles. The molecule has 0 spiro atoms. The van der Waals surface area contributed by atoms with Gasteiger partial charge in [-0.3, -0.25) is 20.1 Å². The van der Waals surface area contributed by atoms with E-state index >= 15 is 0 Å². The largest absolute Gasteiger partial charge is 0.345 e. The van der Waals surface area contributed by atoms with E-state index in [0.29, 0.717) is 5.56 Å². The Morgan fingerprint density at radius 2 is 1.94 bits per heavy atom. The molecule has 4 rings (SSSR count). The van der Waals surface area contributed by atoms with Crippen molar-refractivity contribution in [2.75, 3.05) is 7.05 Å². The number of carbonyl (C=O) groups is 1. The number of thiophene rings is 1. The minimum absolute atomic E-state index is 0.0170. The lowest BCUT2D eigenvalue weighted by Crippen LogP contribution is -2.62. The summed E-state index contributed by atoms with van der Waals surface area (Å²) in [6, 6.07) is 13.2. The average Bonchev–Trinajstić information content (AvgIpc) is 3.29. The lowest BCUT2D eigenvalue weighted by Gasteiger charge is -2.45. The van der Waals surface area contributed by atoms with Crippen molar-refractivity contribution in [2.45, 2.75) is 37.6 Å². The van der Waals surface area contributed by atoms with E-state index in [2.05, 4.69) is 16.4 Å². The molecule has 1 aliphatic heterocycles. The molecule has 2 atom stereocenters. The number of hydrogen-bond acceptors (Lipinski definition) is 5. The Labute approximate surface area is 196 Å². The van der Waals surface area contributed by atoms with Gasteiger partial charge in [-0.25, -0.2) is 4.39 Å². The standard InChI is InChI=1S/C25H24FN5OS/c1-24(2,14-27)18-7-5-15(6-8-18)21-22(32)31(4)23(28)30-25(21,3)20-10-17(13-33-20)16-9-19(26)12-29-11-16/h5-13,21H,1-4H3,(H2,28,30)/t21-,25+/m0/s1. The Morgan fingerprint density at radius 1 is 1.24 bits per heavy atom. The van der Waals surface area contributed by atoms with E-state index < -0.39 is 22.7 Å². The normalized spacial score (nSPS) is 21.0. The number of aromatic nitrogens is 1. The molecular formula is C25H24FN5OS. The van der Waals surface area contributed by atoms with Crippen molar-refractivity contribution >= 4 is 23.2 Å². The second-order valence-electron chi connectivity index (χ2n) is 8.96. The first-order valence-corrected chi connectivity index (χ1v) is 11.3. The molecule has 1 aromatic carbocycles. The molecule has 0 aliphatic carbocycles. The quantitative estimate of drug-likeness (QED) is 0.587. The van der Waals surface area contributed by atoms with Gasteiger partial charge in [0.25, 0.3) is 0 Å². The van der Waals surface area contributed by atoms with Crippen molar-refractivity contribution in [1.29, 1.82) is 10.7 Å². The van der Waals surface area contributed by atoms with Crippen LogP contribution in [0.4, 0.5) is 4.39 Å². The number of nitrogens with zero attached hydrogens (tertiary/aromatic N) is 3. The fourth-order valence-electron chi connectivity index (χ4n) is 4.12. The van der Waals surface area contributed by atoms with Gasteiger partial charge < -0.3 is 5.32 Å². The fraction of sp³-hybridized carbons (Fsp3) is 0.280. The summed E-state index contributed by atoms with van der Waals surface area (Å²) in [5.74, 6) is -1.20. The second kappa shape index (κ2) is 8.09. The summed E-state index contributed by atoms with van der Waals surface area (Å²) in [6.07, 6.45) is 2.75. The lowest BCUT2D eigenvalue weighted by molar-refractivity contribution is -0.131. The van der Waals surface area contributed by atoms with E-state index in [9.17, 15) is 14.4 Å². The van der Waals surface area contributed by atoms with Crippen LogP contribution in [0.15, 0.2) is 54.2 Å². The molecule has 1 fully saturated rings. The van der Waals surface area contributed by atoms with Crippen LogP contribution in [0.1, 0.15) is 42.7 Å². The third-order valence-corrected chi connectivity index (χ3v) is 7.43. The molecule has 8 heteroatoms. The molecule has 6 nitrogen and oxygen atoms in total. The van der Waals surface area contributed by atoms with Crippen LogP contribution in [0.25, 0.3) is 11.1 Å². The molecule has 1 aliphatic rings. The third kappa shape index (κ3) is 3.89. The summed E-state index contributed by atoms with van der Waals surface area (Å²) < 4.78 is 13.7. The van der Waals surface area contributed by atoms with E-state index in [1.807, 2.05) is 56.5 Å². The molecule has 3 aromatic rings. The van der Waals surface area contributed by atoms with Gasteiger partial charge >= 0.3 is 0 Å². The van der Waals surface area contributed by atoms with Crippen LogP contribution in [-0.2, 0) is 15.7 Å². The smallest absolute Gasteiger partial charge is 0.239 e. The zero-order valence-electron chi connectivity index (χ0n) is 18.8. The second-order valence-corrected chi connectivity index (χ2v) is 9.87. The highest BCUT2D eigenvalue weighted by Crippen LogP contribution is 2.44. The first kappa shape index (κ1) is 22.6. The first-order valence-electron chi connectivity index (χ1n) is 10.4. The molecule has 0 radical (unpaired) electrons. The molecule has 0 bridgehead atoms. The van der Waals surface area contributed by atoms with Gasteiger partial charge in [-0.15, -0.1) is 11.3 Å². The van der Waals surface area contributed by atoms with Crippen LogP contribution in [-0.4, -0.2) is 28.8 Å². The Hall–Kier alpha value is -3.57. The molecule has 2 aromatic heterocycles. The molecule has 168 valence electrons. The van der Waals surface area contributed by atoms with Crippen molar-refractivity contribution in [3.63, 3.8) is 0 Å². The topological polar surface area (TPSA) is 92.9 Å². The van der Waals surface area contributed by atoms with Crippen LogP contribution < -0.4 is 5.32 Å². The van der Waals surface area contributed by atoms with Crippen LogP contribution in [0.3, 0.4) is 0 Å². The summed E-state index contributed by atoms with van der Waals surface area (Å²) in [7, 11) is 1.58. The number of guanidine groups is 1. The maximum atomic E-state index is 13.7. The first-order chi connectivity index (χ1) is 15.6. The molecule has 1 saturated heterocycles. The predicted octanol–water partition coefficient (Wildman–Crippen LogP) is 4.75. The van der Waals surface area contributed by atoms with Crippen molar-refractivity contribution in [1.82, 2.24) is 15.2 Å². The summed E-state index contributed by atoms with van der Waals surface area (Å²) in [6.45, 7) is 5.61. The maximum Gasteiger partial charge on any atom is 0.239 e. The maximum absolute atomic E-state index is 13.7. The minimum atomic E-state index is -0.892. The fourth-order valence-corrected chi connectivity index (χ4v) is 5.19. The van der Waals surface area contributed by atoms with Crippen LogP contribution >= 0.6 is 11.3 Å². The monoisotopic (exact) mass is 461 g/mol. The number of nitriles is 1. The number of halogens is 1. The Kier molecular flexibility index (Phi) is 5.54. The van der Waals surface area contributed by atoms with Crippen molar-refractivity contribution < 1.29 is 9.18 Å². The number of amides is 1. The summed E-state index contributed by atoms with van der Waals surface area (Å²) >= 11 is 1.45. The van der Waals surface area contributed by atoms with Gasteiger partial charge in [-0.2, -0.15) is 5.26 Å². The number of benzene rings is 1. The van der Waals surface area contributed by atoms with Gasteiger partial charge in [0.15, 0.2) is 5.96 Å². The van der Waals surface area contributed by atoms with Gasteiger partial charge in [0.1, 0.15) is 5.82 Å². The number of pyridine rings is 1. The van der Waals surface area contributed by atoms with Crippen molar-refractivity contribution in [3.8, 4) is 17.2 Å². The average molecular weight is 462 g/mol. The van der Waals surface area contributed by atoms with E-state index in [1.54, 1.807) is 13.2 Å². The van der Waals surface area contributed by atoms with Gasteiger partial charge in [-0.05, 0) is 55.0 Å². The molecule has 3 heterocycles. The Balaban J connectivity index is 1.79. The van der Waals surface area contributed by atoms with E-state index in [1.165, 1.54) is 22.3 Å². The van der Waals surface area contributed by atoms with Crippen LogP contribution in [0.5, 0.6) is 0 Å². The zero-order chi connectivity index (χ0) is 24.0. The molecule has 33 heavy (non-hydrogen) atoms. The lowest BCUT2D eigenvalue weighted by atomic mass is 9.76. The summed E-state index contributed by atoms with van der Waals surface area (Å²) in [4.78, 5) is 19.5. The highest BCUT2D eigenvalue weighted by atomic mass is 32.1. The van der Waals surface area contributed by atoms with Crippen LogP contribution in [0, 0.1) is 22.6 Å². The van der Waals surface area contributed by atoms with E-state index in [4.69, 9.17) is 5.41 Å². The number of likely N-dealkylation sites (N-methyl/N-ethyl adjacent to an activating group) is 1. The van der Waals surface area contributed by atoms with Crippen molar-refractivity contribution in [3.05, 3.63) is 76.0 Å². The Bertz CT molecular complexity index is 1280. The number of carbonyl (C=O) groups excluding carboxylic acids is 1. The highest BCUT2D eigenvalue weighted by Gasteiger charge is 2.49. The van der Waals surface area contributed by atoms with Crippen molar-refractivity contribution in [2.24, 2.45) is 0 Å². The minimum Gasteiger partial charge on any atom is -0.345 e. The molecular weight excluding hydrogens is 437 g/mol. The summed E-state index contributed by atoms with van der Waals surface area (Å²) in [5.41, 5.74) is 1.57. The van der Waals surface area contributed by atoms with Gasteiger partial charge in [0, 0.05) is 23.7 Å². The van der Waals surface area contributed by atoms with Gasteiger partial charge in [0.2, 0.25) is 5.91 Å². The number of rotatable bonds is 4. The highest BCUT2D eigenvalue weighted by molar-refractivity contribution is 7.10. The van der Waals surface area contributed by atoms with Gasteiger partial charge in [0.05, 0.1) is 29.1 Å². The molecule has 1 amide bonds. The summed E-state index contributed by atoms with van der Waals surface area (Å²) in [5, 5.41) is 22.9. The number of hydrogen-bond donors (Lipinski definition) is 2. The molecule has 0 unspecified atom stereocenters. The zero-order valence-corrected chi connectivity index (χ0v) is 19.6. The van der Waals surface area contributed by atoms with E-state index in [-0.39, 0.29) is 11.9 Å². The predicted molar refractivity (Wildman–Crippen MR) is 126 cm³/mol. The van der Waals surface area contributed by atoms with Gasteiger partial charge in [-0.1, -0.05) is 24.3 Å². The third-order valence-electron chi connectivity index (χ3n) is 6.26. The molecule has 2 N–H and O–H groups in total. The number of nitrogens with one attached hydrogen (secondary N) is 2.